The van der Waals surface area contributed by atoms with Gasteiger partial charge in [0, 0.05) is 30.1 Å². The molecule has 0 radical (unpaired) electrons. The van der Waals surface area contributed by atoms with Crippen molar-refractivity contribution in [2.75, 3.05) is 12.8 Å². The van der Waals surface area contributed by atoms with Crippen LogP contribution in [-0.4, -0.2) is 55.6 Å². The van der Waals surface area contributed by atoms with Gasteiger partial charge in [-0.2, -0.15) is 4.31 Å². The van der Waals surface area contributed by atoms with E-state index < -0.39 is 49.9 Å². The summed E-state index contributed by atoms with van der Waals surface area (Å²) in [6.07, 6.45) is -0.462. The van der Waals surface area contributed by atoms with Gasteiger partial charge in [-0.3, -0.25) is 4.79 Å². The van der Waals surface area contributed by atoms with Crippen LogP contribution in [0.5, 0.6) is 0 Å². The van der Waals surface area contributed by atoms with Crippen LogP contribution in [-0.2, 0) is 37.6 Å². The number of carboxylic acid groups (broad SMARTS) is 1. The SMILES string of the molecule is CN([C@H]1Cn2c(c(CC(=O)O)c3ccccc32)S(=O)(=O)C1)S(=O)(=O)c1ccc(F)cc1. The number of benzene rings is 2. The minimum atomic E-state index is -4.08. The number of carbonyl (C=O) groups is 1. The fourth-order valence-corrected chi connectivity index (χ4v) is 7.50. The van der Waals surface area contributed by atoms with E-state index in [-0.39, 0.29) is 22.0 Å². The third-order valence-electron chi connectivity index (χ3n) is 5.46. The zero-order valence-electron chi connectivity index (χ0n) is 16.4. The molecule has 0 amide bonds. The minimum absolute atomic E-state index is 0.0334. The molecule has 164 valence electrons. The van der Waals surface area contributed by atoms with Gasteiger partial charge in [0.1, 0.15) is 10.8 Å². The van der Waals surface area contributed by atoms with E-state index in [2.05, 4.69) is 0 Å². The van der Waals surface area contributed by atoms with E-state index in [4.69, 9.17) is 0 Å². The standard InChI is InChI=1S/C20H19FN2O6S2/c1-22(31(28,29)15-8-6-13(21)7-9-15)14-11-23-18-5-3-2-4-16(18)17(10-19(24)25)20(23)30(26,27)12-14/h2-9,14H,10-12H2,1H3,(H,24,25)/t14-/m0/s1. The molecule has 1 aliphatic heterocycles. The van der Waals surface area contributed by atoms with Crippen molar-refractivity contribution in [3.63, 3.8) is 0 Å². The minimum Gasteiger partial charge on any atom is -0.481 e. The molecular formula is C20H19FN2O6S2. The van der Waals surface area contributed by atoms with Crippen LogP contribution in [0.15, 0.2) is 58.5 Å². The first-order chi connectivity index (χ1) is 14.5. The van der Waals surface area contributed by atoms with Gasteiger partial charge < -0.3 is 9.67 Å². The molecule has 4 rings (SSSR count). The van der Waals surface area contributed by atoms with Crippen LogP contribution in [0.3, 0.4) is 0 Å². The second-order valence-electron chi connectivity index (χ2n) is 7.39. The van der Waals surface area contributed by atoms with Crippen molar-refractivity contribution in [1.29, 1.82) is 0 Å². The van der Waals surface area contributed by atoms with Crippen molar-refractivity contribution < 1.29 is 31.1 Å². The molecule has 1 N–H and O–H groups in total. The molecule has 1 aliphatic rings. The van der Waals surface area contributed by atoms with Gasteiger partial charge in [-0.25, -0.2) is 21.2 Å². The zero-order valence-corrected chi connectivity index (χ0v) is 18.0. The lowest BCUT2D eigenvalue weighted by Gasteiger charge is -2.32. The third kappa shape index (κ3) is 3.62. The number of sulfonamides is 1. The molecule has 0 spiro atoms. The number of nitrogens with zero attached hydrogens (tertiary/aromatic N) is 2. The maximum atomic E-state index is 13.2. The number of sulfone groups is 1. The van der Waals surface area contributed by atoms with Gasteiger partial charge in [0.25, 0.3) is 0 Å². The van der Waals surface area contributed by atoms with Crippen LogP contribution in [0.1, 0.15) is 5.56 Å². The summed E-state index contributed by atoms with van der Waals surface area (Å²) >= 11 is 0. The largest absolute Gasteiger partial charge is 0.481 e. The van der Waals surface area contributed by atoms with Gasteiger partial charge in [0.05, 0.1) is 23.1 Å². The Balaban J connectivity index is 1.82. The highest BCUT2D eigenvalue weighted by atomic mass is 32.2. The Morgan fingerprint density at radius 1 is 1.19 bits per heavy atom. The highest BCUT2D eigenvalue weighted by Gasteiger charge is 2.40. The molecule has 1 aromatic heterocycles. The quantitative estimate of drug-likeness (QED) is 0.614. The number of aromatic nitrogens is 1. The number of aliphatic carboxylic acids is 1. The predicted molar refractivity (Wildman–Crippen MR) is 110 cm³/mol. The van der Waals surface area contributed by atoms with Crippen molar-refractivity contribution >= 4 is 36.7 Å². The Labute approximate surface area is 178 Å². The number of likely N-dealkylation sites (N-methyl/N-ethyl adjacent to an activating group) is 1. The van der Waals surface area contributed by atoms with Gasteiger partial charge in [0.15, 0.2) is 9.84 Å². The van der Waals surface area contributed by atoms with Gasteiger partial charge in [-0.1, -0.05) is 18.2 Å². The van der Waals surface area contributed by atoms with Gasteiger partial charge in [-0.15, -0.1) is 0 Å². The van der Waals surface area contributed by atoms with Crippen LogP contribution >= 0.6 is 0 Å². The van der Waals surface area contributed by atoms with E-state index in [0.717, 1.165) is 28.6 Å². The Kier molecular flexibility index (Phi) is 5.15. The van der Waals surface area contributed by atoms with Crippen LogP contribution < -0.4 is 0 Å². The molecule has 8 nitrogen and oxygen atoms in total. The summed E-state index contributed by atoms with van der Waals surface area (Å²) < 4.78 is 68.0. The lowest BCUT2D eigenvalue weighted by Crippen LogP contribution is -2.47. The molecule has 0 saturated heterocycles. The number of hydrogen-bond acceptors (Lipinski definition) is 5. The summed E-state index contributed by atoms with van der Waals surface area (Å²) in [6, 6.07) is 10.1. The number of fused-ring (bicyclic) bond motifs is 3. The molecule has 3 aromatic rings. The maximum Gasteiger partial charge on any atom is 0.307 e. The average Bonchev–Trinajstić information content (AvgIpc) is 3.01. The summed E-state index contributed by atoms with van der Waals surface area (Å²) in [6.45, 7) is 0.0334. The predicted octanol–water partition coefficient (Wildman–Crippen LogP) is 1.88. The van der Waals surface area contributed by atoms with Crippen LogP contribution in [0.2, 0.25) is 0 Å². The molecule has 11 heteroatoms. The highest BCUT2D eigenvalue weighted by Crippen LogP contribution is 2.35. The summed E-state index contributed by atoms with van der Waals surface area (Å²) in [5.41, 5.74) is 0.722. The van der Waals surface area contributed by atoms with Crippen molar-refractivity contribution in [2.24, 2.45) is 0 Å². The summed E-state index contributed by atoms with van der Waals surface area (Å²) in [5.74, 6) is -2.24. The van der Waals surface area contributed by atoms with Crippen molar-refractivity contribution in [3.8, 4) is 0 Å². The van der Waals surface area contributed by atoms with Gasteiger partial charge in [0.2, 0.25) is 10.0 Å². The molecule has 0 fully saturated rings. The van der Waals surface area contributed by atoms with Crippen molar-refractivity contribution in [2.45, 2.75) is 28.9 Å². The monoisotopic (exact) mass is 466 g/mol. The van der Waals surface area contributed by atoms with Gasteiger partial charge in [-0.05, 0) is 30.3 Å². The van der Waals surface area contributed by atoms with Crippen LogP contribution in [0.4, 0.5) is 4.39 Å². The van der Waals surface area contributed by atoms with E-state index in [1.165, 1.54) is 11.6 Å². The maximum absolute atomic E-state index is 13.2. The van der Waals surface area contributed by atoms with Crippen LogP contribution in [0.25, 0.3) is 10.9 Å². The Morgan fingerprint density at radius 2 is 1.84 bits per heavy atom. The first-order valence-electron chi connectivity index (χ1n) is 9.30. The summed E-state index contributed by atoms with van der Waals surface area (Å²) in [7, 11) is -6.78. The normalized spacial score (nSPS) is 18.2. The molecule has 0 saturated carbocycles. The van der Waals surface area contributed by atoms with E-state index in [1.54, 1.807) is 24.3 Å². The summed E-state index contributed by atoms with van der Waals surface area (Å²) in [5, 5.41) is 9.71. The second kappa shape index (κ2) is 7.43. The van der Waals surface area contributed by atoms with E-state index in [9.17, 15) is 31.1 Å². The zero-order chi connectivity index (χ0) is 22.6. The van der Waals surface area contributed by atoms with Crippen molar-refractivity contribution in [1.82, 2.24) is 8.87 Å². The molecule has 2 heterocycles. The lowest BCUT2D eigenvalue weighted by molar-refractivity contribution is -0.136. The Hall–Kier alpha value is -2.76. The van der Waals surface area contributed by atoms with E-state index in [0.29, 0.717) is 10.9 Å². The topological polar surface area (TPSA) is 114 Å². The van der Waals surface area contributed by atoms with Crippen LogP contribution in [0, 0.1) is 5.82 Å². The first kappa shape index (κ1) is 21.5. The molecule has 2 aromatic carbocycles. The number of para-hydroxylation sites is 1. The Bertz CT molecular complexity index is 1400. The van der Waals surface area contributed by atoms with Crippen molar-refractivity contribution in [3.05, 3.63) is 59.9 Å². The lowest BCUT2D eigenvalue weighted by atomic mass is 10.1. The van der Waals surface area contributed by atoms with E-state index in [1.807, 2.05) is 0 Å². The molecule has 31 heavy (non-hydrogen) atoms. The molecule has 0 aliphatic carbocycles. The number of carboxylic acids is 1. The summed E-state index contributed by atoms with van der Waals surface area (Å²) in [4.78, 5) is 11.2. The highest BCUT2D eigenvalue weighted by molar-refractivity contribution is 7.91. The first-order valence-corrected chi connectivity index (χ1v) is 12.4. The molecule has 0 unspecified atom stereocenters. The average molecular weight is 467 g/mol. The van der Waals surface area contributed by atoms with Gasteiger partial charge >= 0.3 is 5.97 Å². The fraction of sp³-hybridized carbons (Fsp3) is 0.250. The Morgan fingerprint density at radius 3 is 2.48 bits per heavy atom. The second-order valence-corrected chi connectivity index (χ2v) is 11.3. The molecule has 0 bridgehead atoms. The fourth-order valence-electron chi connectivity index (χ4n) is 4.00. The number of rotatable bonds is 5. The smallest absolute Gasteiger partial charge is 0.307 e. The number of halogens is 1. The van der Waals surface area contributed by atoms with E-state index >= 15 is 0 Å². The molecule has 1 atom stereocenters. The third-order valence-corrected chi connectivity index (χ3v) is 9.26. The molecular weight excluding hydrogens is 447 g/mol. The number of hydrogen-bond donors (Lipinski definition) is 1.